The van der Waals surface area contributed by atoms with Crippen molar-refractivity contribution < 1.29 is 9.32 Å². The normalized spacial score (nSPS) is 12.4. The van der Waals surface area contributed by atoms with Gasteiger partial charge in [-0.25, -0.2) is 4.21 Å². The van der Waals surface area contributed by atoms with Crippen LogP contribution in [0.3, 0.4) is 0 Å². The molecule has 0 aliphatic carbocycles. The van der Waals surface area contributed by atoms with Gasteiger partial charge in [-0.05, 0) is 18.6 Å². The van der Waals surface area contributed by atoms with Crippen molar-refractivity contribution in [1.82, 2.24) is 0 Å². The molecule has 0 radical (unpaired) electrons. The third-order valence-corrected chi connectivity index (χ3v) is 3.03. The van der Waals surface area contributed by atoms with Crippen LogP contribution >= 0.6 is 11.6 Å². The van der Waals surface area contributed by atoms with E-state index in [1.807, 2.05) is 6.92 Å². The first-order valence-corrected chi connectivity index (χ1v) is 5.96. The summed E-state index contributed by atoms with van der Waals surface area (Å²) in [5.74, 6) is 0.573. The van der Waals surface area contributed by atoms with E-state index in [-0.39, 0.29) is 5.75 Å². The topological polar surface area (TPSA) is 49.3 Å². The average molecular weight is 234 g/mol. The van der Waals surface area contributed by atoms with Gasteiger partial charge in [0, 0.05) is 16.8 Å². The van der Waals surface area contributed by atoms with Crippen molar-refractivity contribution in [3.8, 4) is 5.75 Å². The van der Waals surface area contributed by atoms with E-state index in [4.69, 9.17) is 11.6 Å². The van der Waals surface area contributed by atoms with Gasteiger partial charge in [0.15, 0.2) is 0 Å². The quantitative estimate of drug-likeness (QED) is 0.786. The van der Waals surface area contributed by atoms with Gasteiger partial charge in [0.1, 0.15) is 16.7 Å². The molecule has 5 heteroatoms. The van der Waals surface area contributed by atoms with Gasteiger partial charge in [0.25, 0.3) is 0 Å². The first kappa shape index (κ1) is 11.3. The molecule has 0 aromatic heterocycles. The van der Waals surface area contributed by atoms with Crippen molar-refractivity contribution in [3.05, 3.63) is 23.2 Å². The summed E-state index contributed by atoms with van der Waals surface area (Å²) in [5.41, 5.74) is 0.446. The van der Waals surface area contributed by atoms with Crippen molar-refractivity contribution in [2.75, 3.05) is 10.5 Å². The molecule has 1 rings (SSSR count). The molecule has 0 spiro atoms. The van der Waals surface area contributed by atoms with Crippen LogP contribution in [0.15, 0.2) is 18.2 Å². The number of benzene rings is 1. The first-order valence-electron chi connectivity index (χ1n) is 4.27. The number of rotatable bonds is 4. The molecule has 0 aliphatic heterocycles. The molecule has 0 aliphatic rings. The minimum atomic E-state index is -1.14. The fourth-order valence-electron chi connectivity index (χ4n) is 0.950. The number of phenols is 1. The predicted molar refractivity (Wildman–Crippen MR) is 60.0 cm³/mol. The fraction of sp³-hybridized carbons (Fsp3) is 0.333. The Morgan fingerprint density at radius 3 is 2.86 bits per heavy atom. The Morgan fingerprint density at radius 1 is 1.57 bits per heavy atom. The standard InChI is InChI=1S/C9H12ClNO2S/c1-2-5-14(13)11-8-4-3-7(10)6-9(8)12/h3-4,6,11-12H,2,5H2,1H3. The number of aromatic hydroxyl groups is 1. The predicted octanol–water partition coefficient (Wildman–Crippen LogP) is 2.53. The molecule has 1 aromatic carbocycles. The summed E-state index contributed by atoms with van der Waals surface area (Å²) < 4.78 is 14.0. The van der Waals surface area contributed by atoms with Crippen LogP contribution in [-0.2, 0) is 11.0 Å². The van der Waals surface area contributed by atoms with Crippen molar-refractivity contribution in [2.24, 2.45) is 0 Å². The molecular weight excluding hydrogens is 222 g/mol. The van der Waals surface area contributed by atoms with Crippen molar-refractivity contribution in [2.45, 2.75) is 13.3 Å². The zero-order chi connectivity index (χ0) is 10.6. The fourth-order valence-corrected chi connectivity index (χ4v) is 2.01. The molecule has 0 saturated carbocycles. The Balaban J connectivity index is 2.72. The maximum Gasteiger partial charge on any atom is 0.141 e. The van der Waals surface area contributed by atoms with Crippen LogP contribution in [0.1, 0.15) is 13.3 Å². The molecule has 14 heavy (non-hydrogen) atoms. The third kappa shape index (κ3) is 3.20. The first-order chi connectivity index (χ1) is 6.63. The van der Waals surface area contributed by atoms with Crippen LogP contribution in [0.5, 0.6) is 5.75 Å². The molecule has 1 unspecified atom stereocenters. The summed E-state index contributed by atoms with van der Waals surface area (Å²) in [7, 11) is -1.14. The van der Waals surface area contributed by atoms with Gasteiger partial charge in [-0.1, -0.05) is 18.5 Å². The highest BCUT2D eigenvalue weighted by atomic mass is 35.5. The monoisotopic (exact) mass is 233 g/mol. The summed E-state index contributed by atoms with van der Waals surface area (Å²) in [4.78, 5) is 0. The van der Waals surface area contributed by atoms with E-state index in [1.165, 1.54) is 6.07 Å². The minimum Gasteiger partial charge on any atom is -0.506 e. The van der Waals surface area contributed by atoms with E-state index in [0.29, 0.717) is 16.5 Å². The van der Waals surface area contributed by atoms with E-state index in [0.717, 1.165) is 6.42 Å². The SMILES string of the molecule is CCCS(=O)Nc1ccc(Cl)cc1O. The summed E-state index contributed by atoms with van der Waals surface area (Å²) >= 11 is 5.65. The van der Waals surface area contributed by atoms with Crippen LogP contribution in [0.2, 0.25) is 5.02 Å². The number of nitrogens with one attached hydrogen (secondary N) is 1. The lowest BCUT2D eigenvalue weighted by Crippen LogP contribution is -2.07. The second-order valence-corrected chi connectivity index (χ2v) is 4.55. The zero-order valence-electron chi connectivity index (χ0n) is 7.79. The Kier molecular flexibility index (Phi) is 4.22. The number of hydrogen-bond donors (Lipinski definition) is 2. The van der Waals surface area contributed by atoms with E-state index in [2.05, 4.69) is 4.72 Å². The van der Waals surface area contributed by atoms with E-state index in [1.54, 1.807) is 12.1 Å². The number of hydrogen-bond acceptors (Lipinski definition) is 2. The molecule has 0 bridgehead atoms. The summed E-state index contributed by atoms with van der Waals surface area (Å²) in [5, 5.41) is 9.88. The lowest BCUT2D eigenvalue weighted by molar-refractivity contribution is 0.478. The van der Waals surface area contributed by atoms with E-state index in [9.17, 15) is 9.32 Å². The van der Waals surface area contributed by atoms with Gasteiger partial charge in [0.05, 0.1) is 5.69 Å². The summed E-state index contributed by atoms with van der Waals surface area (Å²) in [6, 6.07) is 4.64. The number of halogens is 1. The molecule has 3 nitrogen and oxygen atoms in total. The third-order valence-electron chi connectivity index (χ3n) is 1.57. The molecule has 1 aromatic rings. The molecule has 0 saturated heterocycles. The highest BCUT2D eigenvalue weighted by Gasteiger charge is 2.04. The van der Waals surface area contributed by atoms with Gasteiger partial charge >= 0.3 is 0 Å². The molecule has 0 fully saturated rings. The van der Waals surface area contributed by atoms with Crippen molar-refractivity contribution in [3.63, 3.8) is 0 Å². The second kappa shape index (κ2) is 5.22. The second-order valence-electron chi connectivity index (χ2n) is 2.81. The van der Waals surface area contributed by atoms with Crippen molar-refractivity contribution >= 4 is 28.3 Å². The van der Waals surface area contributed by atoms with Gasteiger partial charge < -0.3 is 9.83 Å². The zero-order valence-corrected chi connectivity index (χ0v) is 9.36. The largest absolute Gasteiger partial charge is 0.506 e. The molecule has 78 valence electrons. The van der Waals surface area contributed by atoms with Crippen LogP contribution in [0, 0.1) is 0 Å². The van der Waals surface area contributed by atoms with Crippen LogP contribution in [0.4, 0.5) is 5.69 Å². The minimum absolute atomic E-state index is 0.0157. The Bertz CT molecular complexity index is 344. The van der Waals surface area contributed by atoms with Gasteiger partial charge in [0.2, 0.25) is 0 Å². The lowest BCUT2D eigenvalue weighted by atomic mass is 10.3. The smallest absolute Gasteiger partial charge is 0.141 e. The summed E-state index contributed by atoms with van der Waals surface area (Å²) in [6.45, 7) is 1.95. The summed E-state index contributed by atoms with van der Waals surface area (Å²) in [6.07, 6.45) is 0.827. The number of anilines is 1. The maximum atomic E-state index is 11.3. The molecule has 1 atom stereocenters. The van der Waals surface area contributed by atoms with Crippen LogP contribution < -0.4 is 4.72 Å². The van der Waals surface area contributed by atoms with E-state index >= 15 is 0 Å². The van der Waals surface area contributed by atoms with Gasteiger partial charge in [-0.2, -0.15) is 0 Å². The lowest BCUT2D eigenvalue weighted by Gasteiger charge is -2.06. The highest BCUT2D eigenvalue weighted by Crippen LogP contribution is 2.26. The van der Waals surface area contributed by atoms with Crippen LogP contribution in [-0.4, -0.2) is 15.1 Å². The number of phenolic OH excluding ortho intramolecular Hbond substituents is 1. The van der Waals surface area contributed by atoms with Crippen molar-refractivity contribution in [1.29, 1.82) is 0 Å². The average Bonchev–Trinajstić information content (AvgIpc) is 2.10. The molecule has 2 N–H and O–H groups in total. The van der Waals surface area contributed by atoms with Gasteiger partial charge in [-0.15, -0.1) is 0 Å². The van der Waals surface area contributed by atoms with Crippen LogP contribution in [0.25, 0.3) is 0 Å². The Morgan fingerprint density at radius 2 is 2.29 bits per heavy atom. The Hall–Kier alpha value is -0.740. The van der Waals surface area contributed by atoms with Gasteiger partial charge in [-0.3, -0.25) is 0 Å². The van der Waals surface area contributed by atoms with E-state index < -0.39 is 11.0 Å². The Labute approximate surface area is 90.7 Å². The highest BCUT2D eigenvalue weighted by molar-refractivity contribution is 7.86. The molecule has 0 amide bonds. The molecule has 0 heterocycles. The molecular formula is C9H12ClNO2S. The maximum absolute atomic E-state index is 11.3.